The van der Waals surface area contributed by atoms with Gasteiger partial charge in [0.1, 0.15) is 0 Å². The van der Waals surface area contributed by atoms with Crippen LogP contribution in [0.3, 0.4) is 0 Å². The van der Waals surface area contributed by atoms with E-state index in [1.165, 1.54) is 4.90 Å². The maximum absolute atomic E-state index is 11.7. The van der Waals surface area contributed by atoms with Crippen molar-refractivity contribution in [3.05, 3.63) is 29.8 Å². The van der Waals surface area contributed by atoms with Gasteiger partial charge in [-0.2, -0.15) is 0 Å². The van der Waals surface area contributed by atoms with Gasteiger partial charge in [-0.05, 0) is 24.1 Å². The van der Waals surface area contributed by atoms with E-state index in [0.29, 0.717) is 19.6 Å². The first kappa shape index (κ1) is 12.4. The van der Waals surface area contributed by atoms with Crippen LogP contribution >= 0.6 is 0 Å². The number of benzene rings is 1. The largest absolute Gasteiger partial charge is 0.399 e. The lowest BCUT2D eigenvalue weighted by atomic mass is 10.1. The number of piperazine rings is 1. The van der Waals surface area contributed by atoms with E-state index in [0.717, 1.165) is 17.7 Å². The van der Waals surface area contributed by atoms with Crippen LogP contribution in [-0.4, -0.2) is 48.3 Å². The molecule has 1 fully saturated rings. The van der Waals surface area contributed by atoms with E-state index >= 15 is 0 Å². The number of hydrogen-bond donors (Lipinski definition) is 1. The zero-order valence-electron chi connectivity index (χ0n) is 10.4. The fourth-order valence-electron chi connectivity index (χ4n) is 1.93. The Morgan fingerprint density at radius 3 is 2.44 bits per heavy atom. The average molecular weight is 247 g/mol. The Morgan fingerprint density at radius 2 is 1.78 bits per heavy atom. The molecule has 0 unspecified atom stereocenters. The lowest BCUT2D eigenvalue weighted by Crippen LogP contribution is -2.53. The van der Waals surface area contributed by atoms with Crippen molar-refractivity contribution in [2.75, 3.05) is 32.4 Å². The SMILES string of the molecule is CN1CCN(CCc2ccc(N)cc2)C(=O)C1=O. The zero-order chi connectivity index (χ0) is 13.1. The van der Waals surface area contributed by atoms with Crippen molar-refractivity contribution in [3.8, 4) is 0 Å². The number of rotatable bonds is 3. The monoisotopic (exact) mass is 247 g/mol. The second-order valence-corrected chi connectivity index (χ2v) is 4.51. The molecular formula is C13H17N3O2. The normalized spacial score (nSPS) is 16.3. The van der Waals surface area contributed by atoms with Crippen LogP contribution in [0.15, 0.2) is 24.3 Å². The molecule has 0 aromatic heterocycles. The highest BCUT2D eigenvalue weighted by Crippen LogP contribution is 2.09. The summed E-state index contributed by atoms with van der Waals surface area (Å²) in [4.78, 5) is 26.3. The third-order valence-electron chi connectivity index (χ3n) is 3.17. The summed E-state index contributed by atoms with van der Waals surface area (Å²) in [6, 6.07) is 7.56. The molecular weight excluding hydrogens is 230 g/mol. The predicted octanol–water partition coefficient (Wildman–Crippen LogP) is 0.112. The van der Waals surface area contributed by atoms with Gasteiger partial charge in [0.15, 0.2) is 0 Å². The summed E-state index contributed by atoms with van der Waals surface area (Å²) >= 11 is 0. The summed E-state index contributed by atoms with van der Waals surface area (Å²) in [7, 11) is 1.65. The summed E-state index contributed by atoms with van der Waals surface area (Å²) in [5.74, 6) is -0.822. The molecule has 0 atom stereocenters. The fourth-order valence-corrected chi connectivity index (χ4v) is 1.93. The van der Waals surface area contributed by atoms with Crippen molar-refractivity contribution in [1.29, 1.82) is 0 Å². The number of hydrogen-bond acceptors (Lipinski definition) is 3. The number of nitrogen functional groups attached to an aromatic ring is 1. The molecule has 18 heavy (non-hydrogen) atoms. The molecule has 0 aliphatic carbocycles. The Kier molecular flexibility index (Phi) is 3.50. The molecule has 1 aromatic carbocycles. The van der Waals surface area contributed by atoms with E-state index in [1.807, 2.05) is 24.3 Å². The van der Waals surface area contributed by atoms with Crippen molar-refractivity contribution in [2.24, 2.45) is 0 Å². The third kappa shape index (κ3) is 2.61. The van der Waals surface area contributed by atoms with Gasteiger partial charge < -0.3 is 15.5 Å². The number of nitrogens with two attached hydrogens (primary N) is 1. The highest BCUT2D eigenvalue weighted by molar-refractivity contribution is 6.35. The van der Waals surface area contributed by atoms with E-state index in [2.05, 4.69) is 0 Å². The van der Waals surface area contributed by atoms with Crippen molar-refractivity contribution in [2.45, 2.75) is 6.42 Å². The van der Waals surface area contributed by atoms with E-state index in [9.17, 15) is 9.59 Å². The van der Waals surface area contributed by atoms with Gasteiger partial charge in [0, 0.05) is 32.4 Å². The van der Waals surface area contributed by atoms with Crippen LogP contribution in [0.2, 0.25) is 0 Å². The highest BCUT2D eigenvalue weighted by Gasteiger charge is 2.29. The summed E-state index contributed by atoms with van der Waals surface area (Å²) in [6.45, 7) is 1.78. The Bertz CT molecular complexity index is 456. The molecule has 1 aromatic rings. The maximum Gasteiger partial charge on any atom is 0.312 e. The summed E-state index contributed by atoms with van der Waals surface area (Å²) in [6.07, 6.45) is 0.739. The minimum absolute atomic E-state index is 0.404. The van der Waals surface area contributed by atoms with Crippen molar-refractivity contribution >= 4 is 17.5 Å². The predicted molar refractivity (Wildman–Crippen MR) is 68.8 cm³/mol. The Morgan fingerprint density at radius 1 is 1.11 bits per heavy atom. The van der Waals surface area contributed by atoms with Crippen LogP contribution in [0.5, 0.6) is 0 Å². The lowest BCUT2D eigenvalue weighted by molar-refractivity contribution is -0.154. The van der Waals surface area contributed by atoms with Crippen LogP contribution in [-0.2, 0) is 16.0 Å². The van der Waals surface area contributed by atoms with Gasteiger partial charge in [-0.3, -0.25) is 9.59 Å². The number of anilines is 1. The molecule has 2 N–H and O–H groups in total. The first-order chi connectivity index (χ1) is 8.58. The Balaban J connectivity index is 1.92. The van der Waals surface area contributed by atoms with Gasteiger partial charge >= 0.3 is 11.8 Å². The molecule has 0 saturated carbocycles. The van der Waals surface area contributed by atoms with Crippen LogP contribution in [0.1, 0.15) is 5.56 Å². The Labute approximate surface area is 106 Å². The van der Waals surface area contributed by atoms with Gasteiger partial charge in [0.2, 0.25) is 0 Å². The summed E-state index contributed by atoms with van der Waals surface area (Å²) < 4.78 is 0. The van der Waals surface area contributed by atoms with E-state index in [4.69, 9.17) is 5.73 Å². The van der Waals surface area contributed by atoms with Crippen LogP contribution in [0.4, 0.5) is 5.69 Å². The molecule has 1 heterocycles. The van der Waals surface area contributed by atoms with Crippen molar-refractivity contribution in [3.63, 3.8) is 0 Å². The van der Waals surface area contributed by atoms with Gasteiger partial charge in [-0.15, -0.1) is 0 Å². The molecule has 1 aliphatic rings. The third-order valence-corrected chi connectivity index (χ3v) is 3.17. The quantitative estimate of drug-likeness (QED) is 0.609. The lowest BCUT2D eigenvalue weighted by Gasteiger charge is -2.31. The van der Waals surface area contributed by atoms with E-state index in [1.54, 1.807) is 11.9 Å². The van der Waals surface area contributed by atoms with E-state index in [-0.39, 0.29) is 0 Å². The first-order valence-corrected chi connectivity index (χ1v) is 5.96. The molecule has 2 amide bonds. The molecule has 5 nitrogen and oxygen atoms in total. The van der Waals surface area contributed by atoms with E-state index < -0.39 is 11.8 Å². The number of carbonyl (C=O) groups is 2. The van der Waals surface area contributed by atoms with Crippen molar-refractivity contribution < 1.29 is 9.59 Å². The number of carbonyl (C=O) groups excluding carboxylic acids is 2. The standard InChI is InChI=1S/C13H17N3O2/c1-15-8-9-16(13(18)12(15)17)7-6-10-2-4-11(14)5-3-10/h2-5H,6-9,14H2,1H3. The molecule has 1 saturated heterocycles. The van der Waals surface area contributed by atoms with Crippen LogP contribution in [0.25, 0.3) is 0 Å². The number of likely N-dealkylation sites (N-methyl/N-ethyl adjacent to an activating group) is 1. The van der Waals surface area contributed by atoms with Gasteiger partial charge in [0.05, 0.1) is 0 Å². The first-order valence-electron chi connectivity index (χ1n) is 5.96. The number of nitrogens with zero attached hydrogens (tertiary/aromatic N) is 2. The zero-order valence-corrected chi connectivity index (χ0v) is 10.4. The second-order valence-electron chi connectivity index (χ2n) is 4.51. The van der Waals surface area contributed by atoms with Gasteiger partial charge in [-0.25, -0.2) is 0 Å². The molecule has 0 spiro atoms. The van der Waals surface area contributed by atoms with Gasteiger partial charge in [-0.1, -0.05) is 12.1 Å². The molecule has 0 bridgehead atoms. The average Bonchev–Trinajstić information content (AvgIpc) is 2.37. The molecule has 5 heteroatoms. The summed E-state index contributed by atoms with van der Waals surface area (Å²) in [5.41, 5.74) is 7.45. The maximum atomic E-state index is 11.7. The second kappa shape index (κ2) is 5.08. The smallest absolute Gasteiger partial charge is 0.312 e. The Hall–Kier alpha value is -2.04. The highest BCUT2D eigenvalue weighted by atomic mass is 16.2. The van der Waals surface area contributed by atoms with Crippen LogP contribution < -0.4 is 5.73 Å². The van der Waals surface area contributed by atoms with Crippen LogP contribution in [0, 0.1) is 0 Å². The minimum atomic E-state index is -0.418. The summed E-state index contributed by atoms with van der Waals surface area (Å²) in [5, 5.41) is 0. The number of amides is 2. The minimum Gasteiger partial charge on any atom is -0.399 e. The molecule has 96 valence electrons. The molecule has 0 radical (unpaired) electrons. The van der Waals surface area contributed by atoms with Crippen molar-refractivity contribution in [1.82, 2.24) is 9.80 Å². The molecule has 2 rings (SSSR count). The molecule has 1 aliphatic heterocycles. The fraction of sp³-hybridized carbons (Fsp3) is 0.385. The van der Waals surface area contributed by atoms with Gasteiger partial charge in [0.25, 0.3) is 0 Å². The topological polar surface area (TPSA) is 66.6 Å².